The minimum atomic E-state index is -5.14. The number of hydrogen-bond acceptors (Lipinski definition) is 6. The topological polar surface area (TPSA) is 71.1 Å². The van der Waals surface area contributed by atoms with Gasteiger partial charge in [0.05, 0.1) is 0 Å². The summed E-state index contributed by atoms with van der Waals surface area (Å²) in [6, 6.07) is 13.0. The number of carbonyl (C=O) groups excluding carboxylic acids is 2. The number of ether oxygens (including phenoxy) is 4. The molecule has 47 heavy (non-hydrogen) atoms. The Morgan fingerprint density at radius 3 is 1.68 bits per heavy atom. The number of carbonyl (C=O) groups is 2. The zero-order chi connectivity index (χ0) is 35.0. The maximum Gasteiger partial charge on any atom is 0.432 e. The summed E-state index contributed by atoms with van der Waals surface area (Å²) >= 11 is 0. The van der Waals surface area contributed by atoms with Gasteiger partial charge in [-0.2, -0.15) is 26.3 Å². The molecular formula is C35H38F6O6. The molecule has 0 aromatic heterocycles. The van der Waals surface area contributed by atoms with Gasteiger partial charge >= 0.3 is 24.3 Å². The summed E-state index contributed by atoms with van der Waals surface area (Å²) in [6.07, 6.45) is -9.98. The highest BCUT2D eigenvalue weighted by atomic mass is 19.4. The molecule has 256 valence electrons. The summed E-state index contributed by atoms with van der Waals surface area (Å²) in [5.41, 5.74) is -6.94. The van der Waals surface area contributed by atoms with Gasteiger partial charge in [-0.05, 0) is 55.1 Å². The van der Waals surface area contributed by atoms with Crippen molar-refractivity contribution in [3.05, 3.63) is 95.6 Å². The average Bonchev–Trinajstić information content (AvgIpc) is 3.43. The van der Waals surface area contributed by atoms with Crippen LogP contribution in [0.1, 0.15) is 51.2 Å². The highest BCUT2D eigenvalue weighted by Crippen LogP contribution is 2.53. The quantitative estimate of drug-likeness (QED) is 0.145. The van der Waals surface area contributed by atoms with E-state index in [-0.39, 0.29) is 24.7 Å². The Hall–Kier alpha value is -3.64. The maximum atomic E-state index is 14.4. The van der Waals surface area contributed by atoms with Crippen LogP contribution in [0.2, 0.25) is 0 Å². The van der Waals surface area contributed by atoms with Crippen LogP contribution in [0.15, 0.2) is 84.5 Å². The van der Waals surface area contributed by atoms with E-state index in [0.29, 0.717) is 12.0 Å². The number of halogens is 6. The zero-order valence-electron chi connectivity index (χ0n) is 26.7. The second-order valence-electron chi connectivity index (χ2n) is 12.7. The molecule has 6 atom stereocenters. The Morgan fingerprint density at radius 1 is 0.809 bits per heavy atom. The van der Waals surface area contributed by atoms with Gasteiger partial charge in [-0.3, -0.25) is 0 Å². The van der Waals surface area contributed by atoms with Crippen LogP contribution in [0.4, 0.5) is 26.3 Å². The summed E-state index contributed by atoms with van der Waals surface area (Å²) in [4.78, 5) is 26.5. The van der Waals surface area contributed by atoms with Gasteiger partial charge in [-0.1, -0.05) is 86.7 Å². The van der Waals surface area contributed by atoms with E-state index >= 15 is 0 Å². The first-order valence-electron chi connectivity index (χ1n) is 15.0. The van der Waals surface area contributed by atoms with Crippen molar-refractivity contribution >= 4 is 11.9 Å². The number of esters is 2. The number of rotatable bonds is 10. The third-order valence-electron chi connectivity index (χ3n) is 9.50. The number of allylic oxidation sites excluding steroid dienone is 1. The molecule has 0 N–H and O–H groups in total. The molecule has 2 aliphatic carbocycles. The number of benzene rings is 2. The molecule has 1 saturated carbocycles. The standard InChI is InChI=1S/C35H38F6O6/c1-21-17-26(46-29(42)32(44-5,34(36,37)38)24-13-9-7-10-14-24)18-23(21)19-27-22(2)28(20-31(27,3)4)47-30(43)33(45-6,35(39,40)41)25-15-11-8-12-16-25/h7-17,23,26-28H,2,18-20H2,1,3-6H3/t23-,26-,27+,28-,32+,33+/m1/s1. The van der Waals surface area contributed by atoms with Crippen molar-refractivity contribution in [1.82, 2.24) is 0 Å². The normalized spacial score (nSPS) is 25.4. The lowest BCUT2D eigenvalue weighted by atomic mass is 9.75. The van der Waals surface area contributed by atoms with E-state index in [1.165, 1.54) is 36.4 Å². The van der Waals surface area contributed by atoms with Gasteiger partial charge in [0.1, 0.15) is 12.2 Å². The van der Waals surface area contributed by atoms with E-state index in [1.807, 2.05) is 13.8 Å². The van der Waals surface area contributed by atoms with Crippen molar-refractivity contribution in [2.24, 2.45) is 17.3 Å². The first-order chi connectivity index (χ1) is 21.9. The molecule has 0 heterocycles. The lowest BCUT2D eigenvalue weighted by molar-refractivity contribution is -0.278. The van der Waals surface area contributed by atoms with Crippen molar-refractivity contribution < 1.29 is 54.9 Å². The Bertz CT molecular complexity index is 1490. The Labute approximate surface area is 269 Å². The molecule has 12 heteroatoms. The summed E-state index contributed by atoms with van der Waals surface area (Å²) < 4.78 is 107. The Kier molecular flexibility index (Phi) is 10.1. The molecule has 0 saturated heterocycles. The van der Waals surface area contributed by atoms with Gasteiger partial charge in [-0.25, -0.2) is 9.59 Å². The fraction of sp³-hybridized carbons (Fsp3) is 0.486. The molecular weight excluding hydrogens is 630 g/mol. The molecule has 1 fully saturated rings. The molecule has 2 aliphatic rings. The summed E-state index contributed by atoms with van der Waals surface area (Å²) in [7, 11) is 1.59. The number of methoxy groups -OCH3 is 2. The van der Waals surface area contributed by atoms with Gasteiger partial charge in [-0.15, -0.1) is 0 Å². The van der Waals surface area contributed by atoms with Crippen molar-refractivity contribution in [2.45, 2.75) is 75.8 Å². The third kappa shape index (κ3) is 6.46. The summed E-state index contributed by atoms with van der Waals surface area (Å²) in [5, 5.41) is 0. The van der Waals surface area contributed by atoms with Gasteiger partial charge in [0.2, 0.25) is 0 Å². The van der Waals surface area contributed by atoms with E-state index < -0.39 is 64.2 Å². The zero-order valence-corrected chi connectivity index (χ0v) is 26.7. The smallest absolute Gasteiger partial charge is 0.432 e. The highest BCUT2D eigenvalue weighted by Gasteiger charge is 2.66. The van der Waals surface area contributed by atoms with E-state index in [0.717, 1.165) is 44.1 Å². The van der Waals surface area contributed by atoms with E-state index in [9.17, 15) is 35.9 Å². The molecule has 0 unspecified atom stereocenters. The number of hydrogen-bond donors (Lipinski definition) is 0. The monoisotopic (exact) mass is 668 g/mol. The lowest BCUT2D eigenvalue weighted by Gasteiger charge is -2.33. The van der Waals surface area contributed by atoms with Crippen LogP contribution in [0.5, 0.6) is 0 Å². The molecule has 2 aromatic carbocycles. The van der Waals surface area contributed by atoms with Crippen molar-refractivity contribution in [3.8, 4) is 0 Å². The largest absolute Gasteiger partial charge is 0.455 e. The van der Waals surface area contributed by atoms with Gasteiger partial charge in [0.25, 0.3) is 11.2 Å². The minimum Gasteiger partial charge on any atom is -0.455 e. The van der Waals surface area contributed by atoms with E-state index in [2.05, 4.69) is 6.58 Å². The molecule has 0 amide bonds. The summed E-state index contributed by atoms with van der Waals surface area (Å²) in [6.45, 7) is 9.62. The van der Waals surface area contributed by atoms with Crippen LogP contribution < -0.4 is 0 Å². The van der Waals surface area contributed by atoms with Crippen LogP contribution in [0, 0.1) is 17.3 Å². The molecule has 0 aliphatic heterocycles. The third-order valence-corrected chi connectivity index (χ3v) is 9.50. The van der Waals surface area contributed by atoms with Crippen molar-refractivity contribution in [1.29, 1.82) is 0 Å². The first-order valence-corrected chi connectivity index (χ1v) is 15.0. The fourth-order valence-electron chi connectivity index (χ4n) is 6.88. The Balaban J connectivity index is 1.50. The van der Waals surface area contributed by atoms with Crippen molar-refractivity contribution in [2.75, 3.05) is 14.2 Å². The van der Waals surface area contributed by atoms with Crippen LogP contribution >= 0.6 is 0 Å². The van der Waals surface area contributed by atoms with E-state index in [1.54, 1.807) is 13.0 Å². The SMILES string of the molecule is C=C1[C@H](OC(=O)[C@@](OC)(c2ccccc2)C(F)(F)F)CC(C)(C)[C@H]1C[C@H]1C[C@H](OC(=O)[C@@](OC)(c2ccccc2)C(F)(F)F)C=C1C. The van der Waals surface area contributed by atoms with Crippen molar-refractivity contribution in [3.63, 3.8) is 0 Å². The second kappa shape index (κ2) is 13.1. The maximum absolute atomic E-state index is 14.4. The minimum absolute atomic E-state index is 0.170. The molecule has 6 nitrogen and oxygen atoms in total. The molecule has 0 radical (unpaired) electrons. The van der Waals surface area contributed by atoms with Crippen LogP contribution in [0.25, 0.3) is 0 Å². The van der Waals surface area contributed by atoms with Crippen LogP contribution in [-0.2, 0) is 39.7 Å². The molecule has 4 rings (SSSR count). The van der Waals surface area contributed by atoms with Crippen LogP contribution in [0.3, 0.4) is 0 Å². The van der Waals surface area contributed by atoms with Gasteiger partial charge < -0.3 is 18.9 Å². The van der Waals surface area contributed by atoms with Gasteiger partial charge in [0.15, 0.2) is 0 Å². The van der Waals surface area contributed by atoms with Crippen LogP contribution in [-0.4, -0.2) is 50.7 Å². The first kappa shape index (κ1) is 36.2. The lowest BCUT2D eigenvalue weighted by Crippen LogP contribution is -2.52. The average molecular weight is 669 g/mol. The predicted molar refractivity (Wildman–Crippen MR) is 160 cm³/mol. The fourth-order valence-corrected chi connectivity index (χ4v) is 6.88. The number of alkyl halides is 6. The predicted octanol–water partition coefficient (Wildman–Crippen LogP) is 7.98. The van der Waals surface area contributed by atoms with E-state index in [4.69, 9.17) is 18.9 Å². The molecule has 2 aromatic rings. The molecule has 0 spiro atoms. The second-order valence-corrected chi connectivity index (χ2v) is 12.7. The van der Waals surface area contributed by atoms with Gasteiger partial charge in [0, 0.05) is 25.3 Å². The molecule has 0 bridgehead atoms. The Morgan fingerprint density at radius 2 is 1.26 bits per heavy atom. The summed E-state index contributed by atoms with van der Waals surface area (Å²) in [5.74, 6) is -3.83. The highest BCUT2D eigenvalue weighted by molar-refractivity contribution is 5.83.